The fraction of sp³-hybridized carbons (Fsp3) is 0.125. The predicted octanol–water partition coefficient (Wildman–Crippen LogP) is 3.81. The van der Waals surface area contributed by atoms with Crippen LogP contribution >= 0.6 is 11.6 Å². The minimum absolute atomic E-state index is 0.187. The second kappa shape index (κ2) is 8.84. The second-order valence-corrected chi connectivity index (χ2v) is 7.97. The van der Waals surface area contributed by atoms with Crippen LogP contribution in [-0.2, 0) is 13.1 Å². The largest absolute Gasteiger partial charge is 0.497 e. The molecule has 33 heavy (non-hydrogen) atoms. The Morgan fingerprint density at radius 2 is 1.76 bits per heavy atom. The highest BCUT2D eigenvalue weighted by Gasteiger charge is 2.10. The normalized spacial score (nSPS) is 11.1. The first-order chi connectivity index (χ1) is 16.1. The molecule has 0 fully saturated rings. The molecule has 0 amide bonds. The quantitative estimate of drug-likeness (QED) is 0.384. The standard InChI is InChI=1S/C24H19ClN6O2/c1-33-21-8-2-16(3-9-21)12-31-14-20(28-29-31)13-30-15-27-23-22(24(30)32)10-18(11-26-23)17-4-6-19(25)7-5-17/h2-11,14-15H,12-13H2,1H3. The molecule has 0 aliphatic heterocycles. The summed E-state index contributed by atoms with van der Waals surface area (Å²) in [6.45, 7) is 0.825. The van der Waals surface area contributed by atoms with Gasteiger partial charge in [-0.25, -0.2) is 14.6 Å². The average Bonchev–Trinajstić information content (AvgIpc) is 3.28. The summed E-state index contributed by atoms with van der Waals surface area (Å²) < 4.78 is 8.43. The number of fused-ring (bicyclic) bond motifs is 1. The van der Waals surface area contributed by atoms with Crippen molar-refractivity contribution in [2.45, 2.75) is 13.1 Å². The molecule has 0 unspecified atom stereocenters. The van der Waals surface area contributed by atoms with Crippen LogP contribution in [0, 0.1) is 0 Å². The summed E-state index contributed by atoms with van der Waals surface area (Å²) in [5.74, 6) is 0.801. The molecule has 5 aromatic rings. The third-order valence-electron chi connectivity index (χ3n) is 5.28. The predicted molar refractivity (Wildman–Crippen MR) is 125 cm³/mol. The molecule has 9 heteroatoms. The van der Waals surface area contributed by atoms with E-state index >= 15 is 0 Å². The van der Waals surface area contributed by atoms with Crippen LogP contribution in [0.3, 0.4) is 0 Å². The van der Waals surface area contributed by atoms with Gasteiger partial charge < -0.3 is 4.74 Å². The van der Waals surface area contributed by atoms with Crippen LogP contribution in [-0.4, -0.2) is 36.6 Å². The van der Waals surface area contributed by atoms with Gasteiger partial charge in [-0.2, -0.15) is 0 Å². The van der Waals surface area contributed by atoms with Crippen LogP contribution in [0.25, 0.3) is 22.2 Å². The summed E-state index contributed by atoms with van der Waals surface area (Å²) in [5.41, 5.74) is 3.68. The fourth-order valence-corrected chi connectivity index (χ4v) is 3.67. The van der Waals surface area contributed by atoms with Gasteiger partial charge in [-0.1, -0.05) is 41.1 Å². The summed E-state index contributed by atoms with van der Waals surface area (Å²) in [7, 11) is 1.64. The first-order valence-electron chi connectivity index (χ1n) is 10.2. The maximum atomic E-state index is 13.1. The monoisotopic (exact) mass is 458 g/mol. The zero-order valence-corrected chi connectivity index (χ0v) is 18.5. The summed E-state index contributed by atoms with van der Waals surface area (Å²) in [5, 5.41) is 9.48. The van der Waals surface area contributed by atoms with Crippen LogP contribution in [0.1, 0.15) is 11.3 Å². The lowest BCUT2D eigenvalue weighted by Crippen LogP contribution is -2.21. The first kappa shape index (κ1) is 20.8. The molecule has 8 nitrogen and oxygen atoms in total. The topological polar surface area (TPSA) is 87.7 Å². The molecule has 0 radical (unpaired) electrons. The molecule has 0 saturated carbocycles. The Morgan fingerprint density at radius 1 is 0.970 bits per heavy atom. The van der Waals surface area contributed by atoms with Gasteiger partial charge in [0.05, 0.1) is 31.8 Å². The van der Waals surface area contributed by atoms with Crippen molar-refractivity contribution in [3.05, 3.63) is 100.0 Å². The van der Waals surface area contributed by atoms with E-state index in [1.165, 1.54) is 10.9 Å². The average molecular weight is 459 g/mol. The zero-order chi connectivity index (χ0) is 22.8. The summed E-state index contributed by atoms with van der Waals surface area (Å²) in [4.78, 5) is 21.8. The smallest absolute Gasteiger partial charge is 0.263 e. The molecule has 5 rings (SSSR count). The number of hydrogen-bond donors (Lipinski definition) is 0. The van der Waals surface area contributed by atoms with Crippen molar-refractivity contribution >= 4 is 22.6 Å². The van der Waals surface area contributed by atoms with E-state index in [2.05, 4.69) is 20.3 Å². The lowest BCUT2D eigenvalue weighted by atomic mass is 10.1. The zero-order valence-electron chi connectivity index (χ0n) is 17.7. The molecule has 0 saturated heterocycles. The number of benzene rings is 2. The highest BCUT2D eigenvalue weighted by Crippen LogP contribution is 2.22. The maximum Gasteiger partial charge on any atom is 0.263 e. The molecule has 0 atom stereocenters. The molecule has 164 valence electrons. The number of aromatic nitrogens is 6. The van der Waals surface area contributed by atoms with E-state index in [1.54, 1.807) is 36.2 Å². The Morgan fingerprint density at radius 3 is 2.52 bits per heavy atom. The van der Waals surface area contributed by atoms with Gasteiger partial charge in [0.25, 0.3) is 5.56 Å². The number of methoxy groups -OCH3 is 1. The Kier molecular flexibility index (Phi) is 5.58. The van der Waals surface area contributed by atoms with Crippen LogP contribution in [0.15, 0.2) is 78.1 Å². The Balaban J connectivity index is 1.39. The van der Waals surface area contributed by atoms with Gasteiger partial charge in [0.2, 0.25) is 0 Å². The highest BCUT2D eigenvalue weighted by atomic mass is 35.5. The number of ether oxygens (including phenoxy) is 1. The summed E-state index contributed by atoms with van der Waals surface area (Å²) in [6, 6.07) is 16.9. The molecule has 3 aromatic heterocycles. The fourth-order valence-electron chi connectivity index (χ4n) is 3.54. The highest BCUT2D eigenvalue weighted by molar-refractivity contribution is 6.30. The molecule has 0 aliphatic carbocycles. The van der Waals surface area contributed by atoms with Gasteiger partial charge in [0, 0.05) is 16.8 Å². The van der Waals surface area contributed by atoms with Crippen LogP contribution in [0.5, 0.6) is 5.75 Å². The van der Waals surface area contributed by atoms with Crippen molar-refractivity contribution < 1.29 is 4.74 Å². The van der Waals surface area contributed by atoms with Gasteiger partial charge >= 0.3 is 0 Å². The Labute approximate surface area is 194 Å². The van der Waals surface area contributed by atoms with E-state index in [9.17, 15) is 4.79 Å². The van der Waals surface area contributed by atoms with E-state index in [1.807, 2.05) is 42.6 Å². The Hall–Kier alpha value is -4.04. The lowest BCUT2D eigenvalue weighted by Gasteiger charge is -2.06. The van der Waals surface area contributed by atoms with Crippen molar-refractivity contribution in [2.24, 2.45) is 0 Å². The second-order valence-electron chi connectivity index (χ2n) is 7.54. The van der Waals surface area contributed by atoms with E-state index in [0.29, 0.717) is 28.3 Å². The molecular formula is C24H19ClN6O2. The third kappa shape index (κ3) is 4.47. The number of halogens is 1. The van der Waals surface area contributed by atoms with Gasteiger partial charge in [0.15, 0.2) is 5.65 Å². The number of hydrogen-bond acceptors (Lipinski definition) is 6. The molecule has 2 aromatic carbocycles. The molecular weight excluding hydrogens is 440 g/mol. The van der Waals surface area contributed by atoms with E-state index in [0.717, 1.165) is 22.4 Å². The van der Waals surface area contributed by atoms with Gasteiger partial charge in [-0.3, -0.25) is 9.36 Å². The van der Waals surface area contributed by atoms with Crippen LogP contribution in [0.4, 0.5) is 0 Å². The molecule has 0 spiro atoms. The summed E-state index contributed by atoms with van der Waals surface area (Å²) in [6.07, 6.45) is 5.01. The minimum Gasteiger partial charge on any atom is -0.497 e. The van der Waals surface area contributed by atoms with E-state index < -0.39 is 0 Å². The van der Waals surface area contributed by atoms with Gasteiger partial charge in [-0.15, -0.1) is 5.10 Å². The Bertz CT molecular complexity index is 1480. The van der Waals surface area contributed by atoms with Crippen LogP contribution < -0.4 is 10.3 Å². The van der Waals surface area contributed by atoms with Crippen LogP contribution in [0.2, 0.25) is 5.02 Å². The van der Waals surface area contributed by atoms with E-state index in [-0.39, 0.29) is 12.1 Å². The molecule has 0 aliphatic rings. The minimum atomic E-state index is -0.187. The number of rotatable bonds is 6. The molecule has 0 N–H and O–H groups in total. The first-order valence-corrected chi connectivity index (χ1v) is 10.6. The molecule has 0 bridgehead atoms. The van der Waals surface area contributed by atoms with Crippen molar-refractivity contribution in [1.82, 2.24) is 29.5 Å². The van der Waals surface area contributed by atoms with Crippen molar-refractivity contribution in [2.75, 3.05) is 7.11 Å². The van der Waals surface area contributed by atoms with E-state index in [4.69, 9.17) is 16.3 Å². The SMILES string of the molecule is COc1ccc(Cn2cc(Cn3cnc4ncc(-c5ccc(Cl)cc5)cc4c3=O)nn2)cc1. The van der Waals surface area contributed by atoms with Gasteiger partial charge in [0.1, 0.15) is 17.8 Å². The number of nitrogens with zero attached hydrogens (tertiary/aromatic N) is 6. The lowest BCUT2D eigenvalue weighted by molar-refractivity contribution is 0.414. The molecule has 3 heterocycles. The maximum absolute atomic E-state index is 13.1. The van der Waals surface area contributed by atoms with Crippen molar-refractivity contribution in [1.29, 1.82) is 0 Å². The summed E-state index contributed by atoms with van der Waals surface area (Å²) >= 11 is 5.98. The van der Waals surface area contributed by atoms with Crippen molar-refractivity contribution in [3.8, 4) is 16.9 Å². The number of pyridine rings is 1. The van der Waals surface area contributed by atoms with Crippen molar-refractivity contribution in [3.63, 3.8) is 0 Å². The van der Waals surface area contributed by atoms with Gasteiger partial charge in [-0.05, 0) is 41.5 Å². The third-order valence-corrected chi connectivity index (χ3v) is 5.53.